The molecular weight excluding hydrogens is 566 g/mol. The Bertz CT molecular complexity index is 1840. The molecule has 0 bridgehead atoms. The number of nitrogens with one attached hydrogen (secondary N) is 1. The van der Waals surface area contributed by atoms with Crippen LogP contribution in [0.1, 0.15) is 31.7 Å². The number of piperidine rings is 1. The molecule has 0 radical (unpaired) electrons. The molecule has 0 spiro atoms. The maximum atomic E-state index is 15.0. The monoisotopic (exact) mass is 594 g/mol. The Labute approximate surface area is 245 Å². The first kappa shape index (κ1) is 27.8. The second-order valence-corrected chi connectivity index (χ2v) is 10.6. The van der Waals surface area contributed by atoms with Crippen LogP contribution in [0.4, 0.5) is 14.6 Å². The number of pyridine rings is 1. The summed E-state index contributed by atoms with van der Waals surface area (Å²) in [4.78, 5) is 46.1. The third kappa shape index (κ3) is 4.69. The van der Waals surface area contributed by atoms with Crippen LogP contribution in [-0.4, -0.2) is 66.1 Å². The molecule has 0 atom stereocenters. The smallest absolute Gasteiger partial charge is 0.327 e. The zero-order valence-electron chi connectivity index (χ0n) is 22.7. The highest BCUT2D eigenvalue weighted by Gasteiger charge is 2.28. The molecule has 0 saturated carbocycles. The number of H-pyrrole nitrogens is 1. The van der Waals surface area contributed by atoms with Crippen LogP contribution in [0.2, 0.25) is 0 Å². The van der Waals surface area contributed by atoms with Crippen molar-refractivity contribution in [2.24, 2.45) is 0 Å². The van der Waals surface area contributed by atoms with E-state index in [2.05, 4.69) is 24.8 Å². The van der Waals surface area contributed by atoms with E-state index < -0.39 is 11.6 Å². The average molecular weight is 595 g/mol. The largest absolute Gasteiger partial charge is 0.356 e. The van der Waals surface area contributed by atoms with Gasteiger partial charge in [0.15, 0.2) is 17.3 Å². The van der Waals surface area contributed by atoms with E-state index in [0.29, 0.717) is 54.0 Å². The molecule has 2 saturated heterocycles. The van der Waals surface area contributed by atoms with Gasteiger partial charge in [0.25, 0.3) is 0 Å². The lowest BCUT2D eigenvalue weighted by Crippen LogP contribution is -2.41. The van der Waals surface area contributed by atoms with Gasteiger partial charge in [-0.25, -0.2) is 28.5 Å². The topological polar surface area (TPSA) is 105 Å². The predicted molar refractivity (Wildman–Crippen MR) is 157 cm³/mol. The summed E-state index contributed by atoms with van der Waals surface area (Å²) < 4.78 is 32.7. The van der Waals surface area contributed by atoms with Crippen LogP contribution in [0.3, 0.4) is 0 Å². The van der Waals surface area contributed by atoms with E-state index in [4.69, 9.17) is 0 Å². The number of aromatic nitrogens is 6. The number of imidazole rings is 1. The summed E-state index contributed by atoms with van der Waals surface area (Å²) in [6.07, 6.45) is 8.07. The van der Waals surface area contributed by atoms with Gasteiger partial charge < -0.3 is 14.4 Å². The normalized spacial score (nSPS) is 16.0. The summed E-state index contributed by atoms with van der Waals surface area (Å²) >= 11 is 0. The lowest BCUT2D eigenvalue weighted by atomic mass is 10.0. The minimum absolute atomic E-state index is 0. The zero-order chi connectivity index (χ0) is 28.1. The van der Waals surface area contributed by atoms with E-state index in [0.717, 1.165) is 37.5 Å². The van der Waals surface area contributed by atoms with Crippen molar-refractivity contribution in [1.29, 1.82) is 0 Å². The van der Waals surface area contributed by atoms with Gasteiger partial charge in [0.1, 0.15) is 24.3 Å². The Morgan fingerprint density at radius 2 is 1.76 bits per heavy atom. The fraction of sp³-hybridized carbons (Fsp3) is 0.345. The Morgan fingerprint density at radius 1 is 0.976 bits per heavy atom. The molecule has 5 aromatic rings. The summed E-state index contributed by atoms with van der Waals surface area (Å²) in [6.45, 7) is 2.59. The van der Waals surface area contributed by atoms with Gasteiger partial charge in [0.2, 0.25) is 5.91 Å². The zero-order valence-corrected chi connectivity index (χ0v) is 23.5. The molecule has 2 aliphatic rings. The number of halogens is 3. The van der Waals surface area contributed by atoms with E-state index >= 15 is 4.39 Å². The first-order valence-electron chi connectivity index (χ1n) is 13.9. The molecule has 0 unspecified atom stereocenters. The number of amides is 1. The van der Waals surface area contributed by atoms with Crippen molar-refractivity contribution in [2.45, 2.75) is 38.3 Å². The van der Waals surface area contributed by atoms with Gasteiger partial charge in [0, 0.05) is 55.7 Å². The van der Waals surface area contributed by atoms with Crippen molar-refractivity contribution in [3.63, 3.8) is 0 Å². The van der Waals surface area contributed by atoms with Crippen molar-refractivity contribution in [3.05, 3.63) is 71.2 Å². The standard InChI is InChI=1S/C29H28F2N8O2.ClH/c30-21-6-3-5-19(25(21)31)20-15-38(28-24(20)27(33-17-34-28)37-11-1-2-12-37)16-23(40)36-13-8-18(9-14-36)39-22-7-4-10-32-26(22)35-29(39)41;/h3-7,10,15,17-18H,1-2,8-9,11-14,16H2,(H,32,35,41);1H. The summed E-state index contributed by atoms with van der Waals surface area (Å²) in [6, 6.07) is 7.72. The molecule has 13 heteroatoms. The van der Waals surface area contributed by atoms with Crippen LogP contribution in [-0.2, 0) is 11.3 Å². The van der Waals surface area contributed by atoms with Gasteiger partial charge in [-0.15, -0.1) is 12.4 Å². The fourth-order valence-corrected chi connectivity index (χ4v) is 6.25. The van der Waals surface area contributed by atoms with Crippen LogP contribution in [0.15, 0.2) is 53.8 Å². The summed E-state index contributed by atoms with van der Waals surface area (Å²) in [5, 5.41) is 0.609. The number of benzene rings is 1. The van der Waals surface area contributed by atoms with Gasteiger partial charge >= 0.3 is 5.69 Å². The molecule has 218 valence electrons. The number of fused-ring (bicyclic) bond motifs is 2. The summed E-state index contributed by atoms with van der Waals surface area (Å²) in [5.41, 5.74) is 2.17. The number of aromatic amines is 1. The number of carbonyl (C=O) groups is 1. The average Bonchev–Trinajstić information content (AvgIpc) is 3.72. The van der Waals surface area contributed by atoms with Crippen molar-refractivity contribution >= 4 is 46.3 Å². The lowest BCUT2D eigenvalue weighted by Gasteiger charge is -2.32. The first-order chi connectivity index (χ1) is 20.0. The first-order valence-corrected chi connectivity index (χ1v) is 13.9. The Morgan fingerprint density at radius 3 is 2.55 bits per heavy atom. The van der Waals surface area contributed by atoms with E-state index in [-0.39, 0.29) is 42.2 Å². The third-order valence-corrected chi connectivity index (χ3v) is 8.26. The Balaban J connectivity index is 0.00000316. The number of likely N-dealkylation sites (tertiary alicyclic amines) is 1. The van der Waals surface area contributed by atoms with Crippen LogP contribution in [0.25, 0.3) is 33.3 Å². The quantitative estimate of drug-likeness (QED) is 0.325. The van der Waals surface area contributed by atoms with Gasteiger partial charge in [0.05, 0.1) is 10.9 Å². The third-order valence-electron chi connectivity index (χ3n) is 8.26. The van der Waals surface area contributed by atoms with Crippen molar-refractivity contribution in [3.8, 4) is 11.1 Å². The van der Waals surface area contributed by atoms with Crippen molar-refractivity contribution in [2.75, 3.05) is 31.1 Å². The number of rotatable bonds is 5. The van der Waals surface area contributed by atoms with E-state index in [9.17, 15) is 14.0 Å². The predicted octanol–water partition coefficient (Wildman–Crippen LogP) is 4.30. The van der Waals surface area contributed by atoms with Crippen molar-refractivity contribution < 1.29 is 13.6 Å². The molecule has 1 aromatic carbocycles. The minimum atomic E-state index is -0.945. The fourth-order valence-electron chi connectivity index (χ4n) is 6.25. The van der Waals surface area contributed by atoms with Crippen LogP contribution >= 0.6 is 12.4 Å². The maximum Gasteiger partial charge on any atom is 0.327 e. The van der Waals surface area contributed by atoms with Gasteiger partial charge in [-0.2, -0.15) is 0 Å². The maximum absolute atomic E-state index is 15.0. The molecule has 0 aliphatic carbocycles. The van der Waals surface area contributed by atoms with Gasteiger partial charge in [-0.3, -0.25) is 14.3 Å². The van der Waals surface area contributed by atoms with Crippen LogP contribution in [0.5, 0.6) is 0 Å². The van der Waals surface area contributed by atoms with E-state index in [1.165, 1.54) is 18.5 Å². The molecule has 10 nitrogen and oxygen atoms in total. The number of anilines is 1. The SMILES string of the molecule is Cl.O=C(Cn1cc(-c2cccc(F)c2F)c2c(N3CCCC3)ncnc21)N1CCC(n2c(=O)[nH]c3ncccc32)CC1. The number of carbonyl (C=O) groups excluding carboxylic acids is 1. The Kier molecular flexibility index (Phi) is 7.40. The Hall–Kier alpha value is -4.32. The lowest BCUT2D eigenvalue weighted by molar-refractivity contribution is -0.133. The van der Waals surface area contributed by atoms with Crippen LogP contribution < -0.4 is 10.6 Å². The highest BCUT2D eigenvalue weighted by atomic mass is 35.5. The van der Waals surface area contributed by atoms with Crippen molar-refractivity contribution in [1.82, 2.24) is 34.0 Å². The molecule has 4 aromatic heterocycles. The van der Waals surface area contributed by atoms with E-state index in [1.807, 2.05) is 6.07 Å². The van der Waals surface area contributed by atoms with Gasteiger partial charge in [-0.05, 0) is 43.9 Å². The van der Waals surface area contributed by atoms with E-state index in [1.54, 1.807) is 32.5 Å². The second-order valence-electron chi connectivity index (χ2n) is 10.6. The molecule has 42 heavy (non-hydrogen) atoms. The molecule has 1 amide bonds. The molecule has 7 rings (SSSR count). The molecule has 6 heterocycles. The van der Waals surface area contributed by atoms with Gasteiger partial charge in [-0.1, -0.05) is 12.1 Å². The number of hydrogen-bond donors (Lipinski definition) is 1. The summed E-state index contributed by atoms with van der Waals surface area (Å²) in [7, 11) is 0. The molecule has 1 N–H and O–H groups in total. The van der Waals surface area contributed by atoms with Crippen LogP contribution in [0, 0.1) is 11.6 Å². The molecule has 2 aliphatic heterocycles. The highest BCUT2D eigenvalue weighted by molar-refractivity contribution is 6.02. The second kappa shape index (κ2) is 11.2. The summed E-state index contributed by atoms with van der Waals surface area (Å²) in [5.74, 6) is -1.33. The molecule has 2 fully saturated rings. The number of hydrogen-bond acceptors (Lipinski definition) is 6. The molecular formula is C29H29ClF2N8O2. The number of nitrogens with zero attached hydrogens (tertiary/aromatic N) is 7. The minimum Gasteiger partial charge on any atom is -0.356 e. The highest BCUT2D eigenvalue weighted by Crippen LogP contribution is 2.38.